The number of aliphatic hydroxyl groups excluding tert-OH is 2. The van der Waals surface area contributed by atoms with Crippen LogP contribution in [0.3, 0.4) is 0 Å². The fourth-order valence-corrected chi connectivity index (χ4v) is 2.73. The number of hydrogen-bond donors (Lipinski definition) is 2. The van der Waals surface area contributed by atoms with Crippen LogP contribution in [0, 0.1) is 12.8 Å². The summed E-state index contributed by atoms with van der Waals surface area (Å²) in [7, 11) is 0. The van der Waals surface area contributed by atoms with E-state index in [9.17, 15) is 10.2 Å². The molecule has 0 amide bonds. The van der Waals surface area contributed by atoms with Crippen molar-refractivity contribution in [1.82, 2.24) is 4.90 Å². The van der Waals surface area contributed by atoms with Crippen LogP contribution in [0.25, 0.3) is 0 Å². The highest BCUT2D eigenvalue weighted by molar-refractivity contribution is 6.31. The van der Waals surface area contributed by atoms with E-state index in [-0.39, 0.29) is 18.6 Å². The maximum absolute atomic E-state index is 9.73. The van der Waals surface area contributed by atoms with Gasteiger partial charge in [0.05, 0.1) is 6.10 Å². The van der Waals surface area contributed by atoms with E-state index in [1.54, 1.807) is 0 Å². The molecule has 0 aromatic heterocycles. The summed E-state index contributed by atoms with van der Waals surface area (Å²) in [6.07, 6.45) is 0.342. The molecule has 0 aliphatic carbocycles. The molecule has 1 aliphatic heterocycles. The van der Waals surface area contributed by atoms with E-state index >= 15 is 0 Å². The van der Waals surface area contributed by atoms with Gasteiger partial charge in [-0.2, -0.15) is 0 Å². The minimum Gasteiger partial charge on any atom is -0.396 e. The number of aliphatic hydroxyl groups is 2. The third-order valence-corrected chi connectivity index (χ3v) is 3.97. The van der Waals surface area contributed by atoms with Gasteiger partial charge < -0.3 is 10.2 Å². The molecule has 1 fully saturated rings. The highest BCUT2D eigenvalue weighted by Crippen LogP contribution is 2.23. The monoisotopic (exact) mass is 269 g/mol. The third-order valence-electron chi connectivity index (χ3n) is 3.61. The first kappa shape index (κ1) is 13.8. The molecule has 0 unspecified atom stereocenters. The van der Waals surface area contributed by atoms with Crippen molar-refractivity contribution in [2.75, 3.05) is 19.7 Å². The lowest BCUT2D eigenvalue weighted by Crippen LogP contribution is -2.44. The summed E-state index contributed by atoms with van der Waals surface area (Å²) in [5.41, 5.74) is 2.27. The summed E-state index contributed by atoms with van der Waals surface area (Å²) in [6.45, 7) is 4.42. The van der Waals surface area contributed by atoms with Crippen LogP contribution < -0.4 is 0 Å². The molecule has 2 N–H and O–H groups in total. The van der Waals surface area contributed by atoms with E-state index < -0.39 is 0 Å². The number of rotatable bonds is 3. The van der Waals surface area contributed by atoms with Crippen LogP contribution in [0.1, 0.15) is 17.5 Å². The summed E-state index contributed by atoms with van der Waals surface area (Å²) in [6, 6.07) is 6.08. The molecular formula is C14H20ClNO2. The van der Waals surface area contributed by atoms with Crippen molar-refractivity contribution in [3.05, 3.63) is 34.3 Å². The molecule has 4 heteroatoms. The van der Waals surface area contributed by atoms with Gasteiger partial charge in [-0.25, -0.2) is 0 Å². The lowest BCUT2D eigenvalue weighted by molar-refractivity contribution is -0.00199. The van der Waals surface area contributed by atoms with E-state index in [4.69, 9.17) is 11.6 Å². The summed E-state index contributed by atoms with van der Waals surface area (Å²) in [5.74, 6) is -0.0389. The highest BCUT2D eigenvalue weighted by atomic mass is 35.5. The zero-order valence-corrected chi connectivity index (χ0v) is 11.4. The number of likely N-dealkylation sites (tertiary alicyclic amines) is 1. The van der Waals surface area contributed by atoms with Gasteiger partial charge in [-0.1, -0.05) is 23.7 Å². The van der Waals surface area contributed by atoms with Crippen molar-refractivity contribution in [1.29, 1.82) is 0 Å². The molecule has 100 valence electrons. The third kappa shape index (κ3) is 3.23. The number of aryl methyl sites for hydroxylation is 1. The minimum atomic E-state index is -0.375. The lowest BCUT2D eigenvalue weighted by atomic mass is 9.95. The van der Waals surface area contributed by atoms with Crippen molar-refractivity contribution >= 4 is 11.6 Å². The van der Waals surface area contributed by atoms with Gasteiger partial charge in [0.25, 0.3) is 0 Å². The quantitative estimate of drug-likeness (QED) is 0.880. The van der Waals surface area contributed by atoms with E-state index in [1.165, 1.54) is 0 Å². The first-order valence-electron chi connectivity index (χ1n) is 6.36. The summed E-state index contributed by atoms with van der Waals surface area (Å²) in [5, 5.41) is 19.7. The van der Waals surface area contributed by atoms with Crippen LogP contribution in [0.2, 0.25) is 5.02 Å². The zero-order valence-electron chi connectivity index (χ0n) is 10.6. The topological polar surface area (TPSA) is 43.7 Å². The Morgan fingerprint density at radius 2 is 2.22 bits per heavy atom. The van der Waals surface area contributed by atoms with E-state index in [0.29, 0.717) is 6.42 Å². The Bertz CT molecular complexity index is 411. The van der Waals surface area contributed by atoms with Gasteiger partial charge in [-0.15, -0.1) is 0 Å². The zero-order chi connectivity index (χ0) is 13.1. The van der Waals surface area contributed by atoms with Gasteiger partial charge in [0, 0.05) is 37.2 Å². The molecule has 0 spiro atoms. The molecule has 2 atom stereocenters. The predicted octanol–water partition coefficient (Wildman–Crippen LogP) is 1.82. The molecule has 1 aromatic carbocycles. The second-order valence-electron chi connectivity index (χ2n) is 5.13. The number of hydrogen-bond acceptors (Lipinski definition) is 3. The molecule has 1 aromatic rings. The van der Waals surface area contributed by atoms with Crippen molar-refractivity contribution in [3.63, 3.8) is 0 Å². The fourth-order valence-electron chi connectivity index (χ4n) is 2.44. The average molecular weight is 270 g/mol. The van der Waals surface area contributed by atoms with Crippen LogP contribution in [-0.2, 0) is 6.54 Å². The molecule has 0 saturated carbocycles. The van der Waals surface area contributed by atoms with Gasteiger partial charge in [0.1, 0.15) is 0 Å². The van der Waals surface area contributed by atoms with Crippen LogP contribution in [0.5, 0.6) is 0 Å². The van der Waals surface area contributed by atoms with E-state index in [0.717, 1.165) is 35.8 Å². The molecule has 3 nitrogen and oxygen atoms in total. The number of nitrogens with zero attached hydrogens (tertiary/aromatic N) is 1. The van der Waals surface area contributed by atoms with Crippen molar-refractivity contribution in [3.8, 4) is 0 Å². The Morgan fingerprint density at radius 3 is 2.89 bits per heavy atom. The fraction of sp³-hybridized carbons (Fsp3) is 0.571. The Hall–Kier alpha value is -0.610. The van der Waals surface area contributed by atoms with Crippen LogP contribution in [0.4, 0.5) is 0 Å². The number of benzene rings is 1. The Balaban J connectivity index is 2.01. The largest absolute Gasteiger partial charge is 0.396 e. The molecule has 0 bridgehead atoms. The second kappa shape index (κ2) is 6.02. The second-order valence-corrected chi connectivity index (χ2v) is 5.54. The van der Waals surface area contributed by atoms with Crippen molar-refractivity contribution in [2.24, 2.45) is 5.92 Å². The first-order valence-corrected chi connectivity index (χ1v) is 6.74. The van der Waals surface area contributed by atoms with Crippen LogP contribution in [0.15, 0.2) is 18.2 Å². The standard InChI is InChI=1S/C14H20ClNO2/c1-10-2-3-11(13(15)6-10)7-16-5-4-14(18)12(8-16)9-17/h2-3,6,12,14,17-18H,4-5,7-9H2,1H3/t12-,14-/m1/s1. The molecule has 0 radical (unpaired) electrons. The molecule has 18 heavy (non-hydrogen) atoms. The van der Waals surface area contributed by atoms with Gasteiger partial charge >= 0.3 is 0 Å². The van der Waals surface area contributed by atoms with E-state index in [1.807, 2.05) is 13.0 Å². The minimum absolute atomic E-state index is 0.0389. The van der Waals surface area contributed by atoms with Crippen LogP contribution >= 0.6 is 11.6 Å². The Kier molecular flexibility index (Phi) is 4.62. The predicted molar refractivity (Wildman–Crippen MR) is 72.7 cm³/mol. The van der Waals surface area contributed by atoms with Gasteiger partial charge in [0.15, 0.2) is 0 Å². The first-order chi connectivity index (χ1) is 8.60. The maximum atomic E-state index is 9.73. The molecule has 1 aliphatic rings. The normalized spacial score (nSPS) is 25.3. The lowest BCUT2D eigenvalue weighted by Gasteiger charge is -2.35. The Labute approximate surface area is 113 Å². The van der Waals surface area contributed by atoms with Gasteiger partial charge in [-0.05, 0) is 30.5 Å². The SMILES string of the molecule is Cc1ccc(CN2CC[C@@H](O)[C@@H](CO)C2)c(Cl)c1. The van der Waals surface area contributed by atoms with Crippen molar-refractivity contribution in [2.45, 2.75) is 26.0 Å². The van der Waals surface area contributed by atoms with Crippen molar-refractivity contribution < 1.29 is 10.2 Å². The summed E-state index contributed by atoms with van der Waals surface area (Å²) >= 11 is 6.22. The maximum Gasteiger partial charge on any atom is 0.0614 e. The highest BCUT2D eigenvalue weighted by Gasteiger charge is 2.27. The molecule has 1 saturated heterocycles. The van der Waals surface area contributed by atoms with Crippen LogP contribution in [-0.4, -0.2) is 40.9 Å². The summed E-state index contributed by atoms with van der Waals surface area (Å²) in [4.78, 5) is 2.24. The smallest absolute Gasteiger partial charge is 0.0614 e. The number of halogens is 1. The molecule has 1 heterocycles. The summed E-state index contributed by atoms with van der Waals surface area (Å²) < 4.78 is 0. The number of piperidine rings is 1. The average Bonchev–Trinajstić information content (AvgIpc) is 2.35. The molecule has 2 rings (SSSR count). The Morgan fingerprint density at radius 1 is 1.44 bits per heavy atom. The van der Waals surface area contributed by atoms with Gasteiger partial charge in [-0.3, -0.25) is 4.90 Å². The molecular weight excluding hydrogens is 250 g/mol. The van der Waals surface area contributed by atoms with E-state index in [2.05, 4.69) is 17.0 Å². The van der Waals surface area contributed by atoms with Gasteiger partial charge in [0.2, 0.25) is 0 Å².